The van der Waals surface area contributed by atoms with Crippen LogP contribution in [0.15, 0.2) is 23.8 Å². The Labute approximate surface area is 129 Å². The van der Waals surface area contributed by atoms with Crippen molar-refractivity contribution in [2.75, 3.05) is 26.8 Å². The molecule has 21 heavy (non-hydrogen) atoms. The van der Waals surface area contributed by atoms with E-state index in [1.807, 2.05) is 6.07 Å². The van der Waals surface area contributed by atoms with Crippen molar-refractivity contribution in [3.8, 4) is 11.5 Å². The third kappa shape index (κ3) is 6.21. The molecule has 1 N–H and O–H groups in total. The molecule has 1 aromatic carbocycles. The first-order valence-corrected chi connectivity index (χ1v) is 7.96. The van der Waals surface area contributed by atoms with Crippen molar-refractivity contribution in [2.45, 2.75) is 40.0 Å². The van der Waals surface area contributed by atoms with Crippen LogP contribution in [0.2, 0.25) is 0 Å². The molecular weight excluding hydrogens is 262 g/mol. The lowest BCUT2D eigenvalue weighted by atomic mass is 10.1. The van der Waals surface area contributed by atoms with Crippen LogP contribution in [-0.4, -0.2) is 26.8 Å². The van der Waals surface area contributed by atoms with E-state index in [-0.39, 0.29) is 0 Å². The first-order chi connectivity index (χ1) is 10.2. The maximum Gasteiger partial charge on any atom is 0.161 e. The SMILES string of the molecule is CCCNCC(=Cc1ccc(OC)c(OCCC)c1)CC. The Morgan fingerprint density at radius 3 is 2.57 bits per heavy atom. The molecule has 0 saturated carbocycles. The summed E-state index contributed by atoms with van der Waals surface area (Å²) in [6.45, 7) is 9.19. The van der Waals surface area contributed by atoms with E-state index in [4.69, 9.17) is 9.47 Å². The molecule has 0 saturated heterocycles. The highest BCUT2D eigenvalue weighted by Gasteiger charge is 2.05. The zero-order chi connectivity index (χ0) is 15.5. The Kier molecular flexibility index (Phi) is 8.60. The van der Waals surface area contributed by atoms with Gasteiger partial charge in [0.25, 0.3) is 0 Å². The van der Waals surface area contributed by atoms with Crippen LogP contribution in [0.4, 0.5) is 0 Å². The van der Waals surface area contributed by atoms with Crippen LogP contribution < -0.4 is 14.8 Å². The molecule has 1 rings (SSSR count). The van der Waals surface area contributed by atoms with Crippen molar-refractivity contribution < 1.29 is 9.47 Å². The lowest BCUT2D eigenvalue weighted by Gasteiger charge is -2.11. The fraction of sp³-hybridized carbons (Fsp3) is 0.556. The Hall–Kier alpha value is -1.48. The number of rotatable bonds is 10. The van der Waals surface area contributed by atoms with Crippen molar-refractivity contribution in [2.24, 2.45) is 0 Å². The molecule has 0 aromatic heterocycles. The number of nitrogens with one attached hydrogen (secondary N) is 1. The zero-order valence-electron chi connectivity index (χ0n) is 13.9. The van der Waals surface area contributed by atoms with E-state index in [0.29, 0.717) is 6.61 Å². The smallest absolute Gasteiger partial charge is 0.161 e. The van der Waals surface area contributed by atoms with Gasteiger partial charge in [0.1, 0.15) is 0 Å². The summed E-state index contributed by atoms with van der Waals surface area (Å²) in [5, 5.41) is 3.45. The van der Waals surface area contributed by atoms with Gasteiger partial charge in [0.05, 0.1) is 13.7 Å². The molecule has 0 aliphatic rings. The molecule has 3 nitrogen and oxygen atoms in total. The van der Waals surface area contributed by atoms with Crippen molar-refractivity contribution in [3.05, 3.63) is 29.3 Å². The van der Waals surface area contributed by atoms with Gasteiger partial charge in [0.15, 0.2) is 11.5 Å². The Balaban J connectivity index is 2.85. The van der Waals surface area contributed by atoms with Crippen LogP contribution in [0.25, 0.3) is 6.08 Å². The highest BCUT2D eigenvalue weighted by molar-refractivity contribution is 5.58. The van der Waals surface area contributed by atoms with Gasteiger partial charge < -0.3 is 14.8 Å². The molecule has 3 heteroatoms. The van der Waals surface area contributed by atoms with E-state index < -0.39 is 0 Å². The van der Waals surface area contributed by atoms with Crippen LogP contribution in [0.3, 0.4) is 0 Å². The second-order valence-corrected chi connectivity index (χ2v) is 5.09. The zero-order valence-corrected chi connectivity index (χ0v) is 13.9. The van der Waals surface area contributed by atoms with Crippen molar-refractivity contribution in [1.29, 1.82) is 0 Å². The summed E-state index contributed by atoms with van der Waals surface area (Å²) in [7, 11) is 1.68. The van der Waals surface area contributed by atoms with Gasteiger partial charge in [-0.1, -0.05) is 38.5 Å². The molecule has 0 aliphatic carbocycles. The average Bonchev–Trinajstić information content (AvgIpc) is 2.52. The molecule has 0 fully saturated rings. The van der Waals surface area contributed by atoms with Crippen LogP contribution in [0.1, 0.15) is 45.6 Å². The van der Waals surface area contributed by atoms with Crippen molar-refractivity contribution in [1.82, 2.24) is 5.32 Å². The first-order valence-electron chi connectivity index (χ1n) is 7.96. The number of methoxy groups -OCH3 is 1. The van der Waals surface area contributed by atoms with Gasteiger partial charge in [0.2, 0.25) is 0 Å². The van der Waals surface area contributed by atoms with Gasteiger partial charge in [-0.2, -0.15) is 0 Å². The molecule has 0 aliphatic heterocycles. The number of benzene rings is 1. The fourth-order valence-electron chi connectivity index (χ4n) is 2.05. The van der Waals surface area contributed by atoms with E-state index in [0.717, 1.165) is 49.4 Å². The summed E-state index contributed by atoms with van der Waals surface area (Å²) in [5.74, 6) is 1.62. The molecular formula is C18H29NO2. The summed E-state index contributed by atoms with van der Waals surface area (Å²) in [5.41, 5.74) is 2.56. The Morgan fingerprint density at radius 1 is 1.14 bits per heavy atom. The van der Waals surface area contributed by atoms with Crippen LogP contribution in [0, 0.1) is 0 Å². The third-order valence-electron chi connectivity index (χ3n) is 3.25. The third-order valence-corrected chi connectivity index (χ3v) is 3.25. The second kappa shape index (κ2) is 10.3. The minimum atomic E-state index is 0.711. The van der Waals surface area contributed by atoms with Crippen molar-refractivity contribution in [3.63, 3.8) is 0 Å². The summed E-state index contributed by atoms with van der Waals surface area (Å²) in [4.78, 5) is 0. The van der Waals surface area contributed by atoms with Gasteiger partial charge >= 0.3 is 0 Å². The number of ether oxygens (including phenoxy) is 2. The Bertz CT molecular complexity index is 441. The van der Waals surface area contributed by atoms with E-state index >= 15 is 0 Å². The van der Waals surface area contributed by atoms with Crippen LogP contribution >= 0.6 is 0 Å². The van der Waals surface area contributed by atoms with E-state index in [1.165, 1.54) is 5.57 Å². The summed E-state index contributed by atoms with van der Waals surface area (Å²) >= 11 is 0. The quantitative estimate of drug-likeness (QED) is 0.653. The summed E-state index contributed by atoms with van der Waals surface area (Å²) in [6.07, 6.45) is 5.44. The number of hydrogen-bond donors (Lipinski definition) is 1. The van der Waals surface area contributed by atoms with E-state index in [2.05, 4.69) is 44.3 Å². The van der Waals surface area contributed by atoms with Crippen molar-refractivity contribution >= 4 is 6.08 Å². The van der Waals surface area contributed by atoms with E-state index in [1.54, 1.807) is 7.11 Å². The topological polar surface area (TPSA) is 30.5 Å². The molecule has 0 amide bonds. The molecule has 0 radical (unpaired) electrons. The predicted octanol–water partition coefficient (Wildman–Crippen LogP) is 4.28. The molecule has 1 aromatic rings. The van der Waals surface area contributed by atoms with Crippen LogP contribution in [0.5, 0.6) is 11.5 Å². The molecule has 118 valence electrons. The molecule has 0 spiro atoms. The maximum atomic E-state index is 5.76. The predicted molar refractivity (Wildman–Crippen MR) is 90.2 cm³/mol. The summed E-state index contributed by atoms with van der Waals surface area (Å²) < 4.78 is 11.1. The minimum Gasteiger partial charge on any atom is -0.493 e. The molecule has 0 unspecified atom stereocenters. The average molecular weight is 291 g/mol. The van der Waals surface area contributed by atoms with Crippen LogP contribution in [-0.2, 0) is 0 Å². The highest BCUT2D eigenvalue weighted by atomic mass is 16.5. The molecule has 0 bridgehead atoms. The standard InChI is InChI=1S/C18H29NO2/c1-5-10-19-14-15(7-3)12-16-8-9-17(20-4)18(13-16)21-11-6-2/h8-9,12-13,19H,5-7,10-11,14H2,1-4H3. The van der Waals surface area contributed by atoms with Gasteiger partial charge in [0, 0.05) is 6.54 Å². The lowest BCUT2D eigenvalue weighted by Crippen LogP contribution is -2.17. The minimum absolute atomic E-state index is 0.711. The molecule has 0 atom stereocenters. The second-order valence-electron chi connectivity index (χ2n) is 5.09. The van der Waals surface area contributed by atoms with Gasteiger partial charge in [-0.25, -0.2) is 0 Å². The first kappa shape index (κ1) is 17.6. The fourth-order valence-corrected chi connectivity index (χ4v) is 2.05. The van der Waals surface area contributed by atoms with Gasteiger partial charge in [-0.15, -0.1) is 0 Å². The lowest BCUT2D eigenvalue weighted by molar-refractivity contribution is 0.294. The monoisotopic (exact) mass is 291 g/mol. The van der Waals surface area contributed by atoms with Gasteiger partial charge in [-0.3, -0.25) is 0 Å². The summed E-state index contributed by atoms with van der Waals surface area (Å²) in [6, 6.07) is 6.11. The Morgan fingerprint density at radius 2 is 1.95 bits per heavy atom. The van der Waals surface area contributed by atoms with E-state index in [9.17, 15) is 0 Å². The van der Waals surface area contributed by atoms with Gasteiger partial charge in [-0.05, 0) is 43.5 Å². The number of hydrogen-bond acceptors (Lipinski definition) is 3. The highest BCUT2D eigenvalue weighted by Crippen LogP contribution is 2.29. The maximum absolute atomic E-state index is 5.76. The normalized spacial score (nSPS) is 11.5. The molecule has 0 heterocycles. The largest absolute Gasteiger partial charge is 0.493 e.